The Labute approximate surface area is 176 Å². The quantitative estimate of drug-likeness (QED) is 0.541. The second kappa shape index (κ2) is 9.16. The molecule has 6 atom stereocenters. The first-order chi connectivity index (χ1) is 14.6. The third-order valence-corrected chi connectivity index (χ3v) is 6.20. The van der Waals surface area contributed by atoms with Gasteiger partial charge in [0.05, 0.1) is 12.2 Å². The number of rotatable bonds is 6. The lowest BCUT2D eigenvalue weighted by Crippen LogP contribution is -2.61. The van der Waals surface area contributed by atoms with Crippen LogP contribution in [0.4, 0.5) is 0 Å². The highest BCUT2D eigenvalue weighted by Gasteiger charge is 2.60. The molecule has 1 spiro atoms. The summed E-state index contributed by atoms with van der Waals surface area (Å²) >= 11 is 0. The summed E-state index contributed by atoms with van der Waals surface area (Å²) in [4.78, 5) is 12.8. The highest BCUT2D eigenvalue weighted by Crippen LogP contribution is 2.46. The van der Waals surface area contributed by atoms with Crippen LogP contribution in [0.2, 0.25) is 0 Å². The van der Waals surface area contributed by atoms with Crippen LogP contribution in [-0.4, -0.2) is 65.2 Å². The Kier molecular flexibility index (Phi) is 6.55. The molecule has 2 saturated heterocycles. The van der Waals surface area contributed by atoms with Gasteiger partial charge < -0.3 is 29.2 Å². The summed E-state index contributed by atoms with van der Waals surface area (Å²) in [6.45, 7) is 3.32. The lowest BCUT2D eigenvalue weighted by molar-refractivity contribution is -0.217. The van der Waals surface area contributed by atoms with Crippen molar-refractivity contribution in [1.29, 1.82) is 0 Å². The third kappa shape index (κ3) is 4.18. The lowest BCUT2D eigenvalue weighted by Gasteiger charge is -2.42. The number of aliphatic hydroxyl groups excluding tert-OH is 2. The maximum Gasteiger partial charge on any atom is 0.338 e. The van der Waals surface area contributed by atoms with Gasteiger partial charge >= 0.3 is 5.97 Å². The number of benzene rings is 1. The van der Waals surface area contributed by atoms with E-state index in [9.17, 15) is 15.0 Å². The molecular weight excluding hydrogens is 388 g/mol. The Hall–Kier alpha value is -1.77. The molecule has 0 amide bonds. The molecule has 3 aliphatic rings. The van der Waals surface area contributed by atoms with Gasteiger partial charge in [-0.15, -0.1) is 6.58 Å². The van der Waals surface area contributed by atoms with Gasteiger partial charge in [0.25, 0.3) is 0 Å². The fourth-order valence-corrected chi connectivity index (χ4v) is 4.74. The molecular formula is C23H30O7. The zero-order valence-corrected chi connectivity index (χ0v) is 17.0. The van der Waals surface area contributed by atoms with Crippen LogP contribution in [0, 0.1) is 0 Å². The summed E-state index contributed by atoms with van der Waals surface area (Å²) in [7, 11) is 0. The molecule has 1 aromatic rings. The molecule has 2 aliphatic heterocycles. The minimum absolute atomic E-state index is 0.404. The molecule has 30 heavy (non-hydrogen) atoms. The standard InChI is InChI=1S/C23H30O7/c1-2-9-17-19(28-22(26)15-10-5-3-6-11-15)21-20(18(27-17)16(25)14-24)29-23(30-21)12-7-4-8-13-23/h2-3,5-6,10-11,16-21,24-25H,1,4,7-9,12-14H2. The zero-order valence-electron chi connectivity index (χ0n) is 17.0. The number of carbonyl (C=O) groups excluding carboxylic acids is 1. The summed E-state index contributed by atoms with van der Waals surface area (Å²) in [5.41, 5.74) is 0.440. The maximum atomic E-state index is 12.8. The smallest absolute Gasteiger partial charge is 0.338 e. The Balaban J connectivity index is 1.62. The molecule has 7 heteroatoms. The fourth-order valence-electron chi connectivity index (χ4n) is 4.74. The van der Waals surface area contributed by atoms with Gasteiger partial charge in [-0.3, -0.25) is 0 Å². The number of carbonyl (C=O) groups is 1. The van der Waals surface area contributed by atoms with E-state index in [1.807, 2.05) is 6.07 Å². The number of fused-ring (bicyclic) bond motifs is 1. The van der Waals surface area contributed by atoms with Gasteiger partial charge in [0.2, 0.25) is 0 Å². The van der Waals surface area contributed by atoms with Crippen LogP contribution in [0.3, 0.4) is 0 Å². The molecule has 164 valence electrons. The van der Waals surface area contributed by atoms with E-state index >= 15 is 0 Å². The molecule has 2 N–H and O–H groups in total. The number of ether oxygens (including phenoxy) is 4. The van der Waals surface area contributed by atoms with Crippen molar-refractivity contribution >= 4 is 5.97 Å². The van der Waals surface area contributed by atoms with E-state index in [0.29, 0.717) is 12.0 Å². The Morgan fingerprint density at radius 1 is 1.20 bits per heavy atom. The van der Waals surface area contributed by atoms with Crippen molar-refractivity contribution in [2.45, 2.75) is 80.9 Å². The molecule has 0 aromatic heterocycles. The minimum Gasteiger partial charge on any atom is -0.453 e. The van der Waals surface area contributed by atoms with Crippen molar-refractivity contribution in [2.24, 2.45) is 0 Å². The summed E-state index contributed by atoms with van der Waals surface area (Å²) < 4.78 is 24.8. The molecule has 0 bridgehead atoms. The van der Waals surface area contributed by atoms with Crippen LogP contribution in [0.15, 0.2) is 43.0 Å². The second-order valence-corrected chi connectivity index (χ2v) is 8.29. The van der Waals surface area contributed by atoms with Crippen LogP contribution >= 0.6 is 0 Å². The van der Waals surface area contributed by atoms with Gasteiger partial charge in [0, 0.05) is 12.8 Å². The predicted octanol–water partition coefficient (Wildman–Crippen LogP) is 2.35. The van der Waals surface area contributed by atoms with E-state index < -0.39 is 55.0 Å². The van der Waals surface area contributed by atoms with E-state index in [4.69, 9.17) is 18.9 Å². The highest BCUT2D eigenvalue weighted by atomic mass is 16.8. The van der Waals surface area contributed by atoms with Crippen LogP contribution in [0.5, 0.6) is 0 Å². The molecule has 7 nitrogen and oxygen atoms in total. The van der Waals surface area contributed by atoms with Gasteiger partial charge in [0.1, 0.15) is 30.5 Å². The monoisotopic (exact) mass is 418 g/mol. The molecule has 4 rings (SSSR count). The number of hydrogen-bond donors (Lipinski definition) is 2. The van der Waals surface area contributed by atoms with Gasteiger partial charge in [0.15, 0.2) is 11.9 Å². The summed E-state index contributed by atoms with van der Waals surface area (Å²) in [6, 6.07) is 8.77. The van der Waals surface area contributed by atoms with Gasteiger partial charge in [-0.25, -0.2) is 4.79 Å². The first-order valence-corrected chi connectivity index (χ1v) is 10.7. The largest absolute Gasteiger partial charge is 0.453 e. The summed E-state index contributed by atoms with van der Waals surface area (Å²) in [6.07, 6.45) is 2.24. The predicted molar refractivity (Wildman–Crippen MR) is 108 cm³/mol. The second-order valence-electron chi connectivity index (χ2n) is 8.29. The average Bonchev–Trinajstić information content (AvgIpc) is 3.14. The molecule has 2 heterocycles. The third-order valence-electron chi connectivity index (χ3n) is 6.20. The van der Waals surface area contributed by atoms with Crippen molar-refractivity contribution in [3.63, 3.8) is 0 Å². The van der Waals surface area contributed by atoms with Crippen LogP contribution < -0.4 is 0 Å². The van der Waals surface area contributed by atoms with Crippen molar-refractivity contribution in [3.8, 4) is 0 Å². The topological polar surface area (TPSA) is 94.5 Å². The number of hydrogen-bond acceptors (Lipinski definition) is 7. The Morgan fingerprint density at radius 2 is 1.90 bits per heavy atom. The van der Waals surface area contributed by atoms with Gasteiger partial charge in [-0.2, -0.15) is 0 Å². The molecule has 1 aromatic carbocycles. The molecule has 6 unspecified atom stereocenters. The van der Waals surface area contributed by atoms with Gasteiger partial charge in [-0.05, 0) is 31.4 Å². The van der Waals surface area contributed by atoms with E-state index in [0.717, 1.165) is 32.1 Å². The van der Waals surface area contributed by atoms with E-state index in [1.54, 1.807) is 30.3 Å². The first kappa shape index (κ1) is 21.5. The number of esters is 1. The fraction of sp³-hybridized carbons (Fsp3) is 0.609. The molecule has 1 aliphatic carbocycles. The molecule has 1 saturated carbocycles. The van der Waals surface area contributed by atoms with Crippen LogP contribution in [0.1, 0.15) is 48.9 Å². The van der Waals surface area contributed by atoms with Gasteiger partial charge in [-0.1, -0.05) is 30.7 Å². The number of aliphatic hydroxyl groups is 2. The normalized spacial score (nSPS) is 33.6. The molecule has 0 radical (unpaired) electrons. The minimum atomic E-state index is -1.13. The Bertz CT molecular complexity index is 730. The average molecular weight is 418 g/mol. The summed E-state index contributed by atoms with van der Waals surface area (Å²) in [5.74, 6) is -1.23. The van der Waals surface area contributed by atoms with Crippen LogP contribution in [-0.2, 0) is 18.9 Å². The SMILES string of the molecule is C=CCC1OC(C(O)CO)C2OC3(CCCCC3)OC2C1OC(=O)c1ccccc1. The first-order valence-electron chi connectivity index (χ1n) is 10.7. The van der Waals surface area contributed by atoms with Crippen molar-refractivity contribution in [3.05, 3.63) is 48.6 Å². The van der Waals surface area contributed by atoms with E-state index in [-0.39, 0.29) is 0 Å². The van der Waals surface area contributed by atoms with Crippen molar-refractivity contribution in [1.82, 2.24) is 0 Å². The van der Waals surface area contributed by atoms with Crippen molar-refractivity contribution in [2.75, 3.05) is 6.61 Å². The van der Waals surface area contributed by atoms with Crippen molar-refractivity contribution < 1.29 is 34.0 Å². The maximum absolute atomic E-state index is 12.8. The zero-order chi connectivity index (χ0) is 21.1. The molecule has 3 fully saturated rings. The van der Waals surface area contributed by atoms with E-state index in [1.165, 1.54) is 0 Å². The lowest BCUT2D eigenvalue weighted by atomic mass is 9.91. The van der Waals surface area contributed by atoms with Crippen LogP contribution in [0.25, 0.3) is 0 Å². The summed E-state index contributed by atoms with van der Waals surface area (Å²) in [5, 5.41) is 20.0. The van der Waals surface area contributed by atoms with E-state index in [2.05, 4.69) is 6.58 Å². The highest BCUT2D eigenvalue weighted by molar-refractivity contribution is 5.89. The Morgan fingerprint density at radius 3 is 2.57 bits per heavy atom.